The zero-order valence-corrected chi connectivity index (χ0v) is 19.1. The fourth-order valence-electron chi connectivity index (χ4n) is 4.15. The monoisotopic (exact) mass is 467 g/mol. The molecule has 1 aromatic carbocycles. The molecule has 0 unspecified atom stereocenters. The average molecular weight is 468 g/mol. The summed E-state index contributed by atoms with van der Waals surface area (Å²) in [6.07, 6.45) is 6.01. The molecule has 10 heteroatoms. The number of hydrogen-bond acceptors (Lipinski definition) is 6. The van der Waals surface area contributed by atoms with E-state index in [-0.39, 0.29) is 9.92 Å². The molecule has 2 aromatic rings. The molecule has 31 heavy (non-hydrogen) atoms. The highest BCUT2D eigenvalue weighted by Crippen LogP contribution is 2.25. The normalized spacial score (nSPS) is 18.9. The molecular weight excluding hydrogens is 441 g/mol. The summed E-state index contributed by atoms with van der Waals surface area (Å²) in [5.41, 5.74) is 0.874. The summed E-state index contributed by atoms with van der Waals surface area (Å²) in [7, 11) is -3.73. The first-order valence-electron chi connectivity index (χ1n) is 10.7. The first-order valence-corrected chi connectivity index (χ1v) is 12.5. The quantitative estimate of drug-likeness (QED) is 0.720. The van der Waals surface area contributed by atoms with E-state index in [1.54, 1.807) is 0 Å². The van der Waals surface area contributed by atoms with Gasteiger partial charge in [-0.1, -0.05) is 30.9 Å². The maximum atomic E-state index is 13.4. The summed E-state index contributed by atoms with van der Waals surface area (Å²) in [5.74, 6) is 0.799. The number of piperazine rings is 1. The minimum atomic E-state index is -3.73. The number of halogens is 2. The van der Waals surface area contributed by atoms with E-state index in [0.29, 0.717) is 38.2 Å². The lowest BCUT2D eigenvalue weighted by Crippen LogP contribution is -2.49. The van der Waals surface area contributed by atoms with Crippen LogP contribution in [-0.2, 0) is 10.0 Å². The highest BCUT2D eigenvalue weighted by Gasteiger charge is 2.29. The van der Waals surface area contributed by atoms with E-state index in [4.69, 9.17) is 16.6 Å². The van der Waals surface area contributed by atoms with E-state index in [1.165, 1.54) is 29.6 Å². The second-order valence-electron chi connectivity index (χ2n) is 8.14. The van der Waals surface area contributed by atoms with Crippen molar-refractivity contribution in [2.45, 2.75) is 50.0 Å². The highest BCUT2D eigenvalue weighted by molar-refractivity contribution is 7.89. The Morgan fingerprint density at radius 1 is 1.06 bits per heavy atom. The Morgan fingerprint density at radius 3 is 2.45 bits per heavy atom. The zero-order chi connectivity index (χ0) is 22.0. The van der Waals surface area contributed by atoms with Crippen molar-refractivity contribution in [1.29, 1.82) is 0 Å². The van der Waals surface area contributed by atoms with Crippen molar-refractivity contribution in [3.63, 3.8) is 0 Å². The molecule has 168 valence electrons. The second-order valence-corrected chi connectivity index (χ2v) is 10.5. The van der Waals surface area contributed by atoms with Gasteiger partial charge in [0.25, 0.3) is 0 Å². The van der Waals surface area contributed by atoms with Crippen molar-refractivity contribution < 1.29 is 12.8 Å². The lowest BCUT2D eigenvalue weighted by molar-refractivity contribution is 0.383. The van der Waals surface area contributed by atoms with Crippen molar-refractivity contribution in [3.05, 3.63) is 40.8 Å². The summed E-state index contributed by atoms with van der Waals surface area (Å²) in [6, 6.07) is 5.83. The Bertz CT molecular complexity index is 1040. The van der Waals surface area contributed by atoms with Crippen LogP contribution in [0.3, 0.4) is 0 Å². The summed E-state index contributed by atoms with van der Waals surface area (Å²) in [4.78, 5) is 11.3. The molecule has 1 N–H and O–H groups in total. The smallest absolute Gasteiger partial charge is 0.243 e. The van der Waals surface area contributed by atoms with Crippen molar-refractivity contribution >= 4 is 33.4 Å². The third kappa shape index (κ3) is 5.10. The largest absolute Gasteiger partial charge is 0.354 e. The van der Waals surface area contributed by atoms with Crippen molar-refractivity contribution in [2.75, 3.05) is 36.4 Å². The molecule has 0 radical (unpaired) electrons. The third-order valence-corrected chi connectivity index (χ3v) is 8.05. The summed E-state index contributed by atoms with van der Waals surface area (Å²) < 4.78 is 40.7. The van der Waals surface area contributed by atoms with Crippen LogP contribution < -0.4 is 10.2 Å². The third-order valence-electron chi connectivity index (χ3n) is 5.87. The van der Waals surface area contributed by atoms with Crippen LogP contribution in [0.15, 0.2) is 29.2 Å². The lowest BCUT2D eigenvalue weighted by Gasteiger charge is -2.35. The van der Waals surface area contributed by atoms with Gasteiger partial charge in [0, 0.05) is 44.0 Å². The van der Waals surface area contributed by atoms with Gasteiger partial charge < -0.3 is 10.2 Å². The molecule has 1 saturated carbocycles. The molecule has 0 atom stereocenters. The SMILES string of the molecule is Cc1cc(N2CCN(S(=O)(=O)c3ccc(F)c(Cl)c3)CC2)nc(NC2CCCCC2)n1. The minimum Gasteiger partial charge on any atom is -0.354 e. The van der Waals surface area contributed by atoms with E-state index < -0.39 is 15.8 Å². The Balaban J connectivity index is 1.44. The number of sulfonamides is 1. The molecule has 1 aliphatic heterocycles. The maximum Gasteiger partial charge on any atom is 0.243 e. The van der Waals surface area contributed by atoms with Gasteiger partial charge in [0.05, 0.1) is 9.92 Å². The maximum absolute atomic E-state index is 13.4. The van der Waals surface area contributed by atoms with Crippen LogP contribution in [0.2, 0.25) is 5.02 Å². The Hall–Kier alpha value is -1.97. The Labute approximate surface area is 187 Å². The molecule has 2 fully saturated rings. The summed E-state index contributed by atoms with van der Waals surface area (Å²) in [5, 5.41) is 3.27. The van der Waals surface area contributed by atoms with E-state index in [9.17, 15) is 12.8 Å². The minimum absolute atomic E-state index is 0.00389. The molecule has 1 saturated heterocycles. The fraction of sp³-hybridized carbons (Fsp3) is 0.524. The molecular formula is C21H27ClFN5O2S. The van der Waals surface area contributed by atoms with E-state index in [2.05, 4.69) is 15.2 Å². The first-order chi connectivity index (χ1) is 14.8. The molecule has 2 aliphatic rings. The number of benzene rings is 1. The van der Waals surface area contributed by atoms with Crippen LogP contribution in [0.4, 0.5) is 16.2 Å². The fourth-order valence-corrected chi connectivity index (χ4v) is 5.85. The zero-order valence-electron chi connectivity index (χ0n) is 17.5. The van der Waals surface area contributed by atoms with Gasteiger partial charge in [0.1, 0.15) is 11.6 Å². The van der Waals surface area contributed by atoms with Gasteiger partial charge in [0.2, 0.25) is 16.0 Å². The lowest BCUT2D eigenvalue weighted by atomic mass is 9.96. The standard InChI is InChI=1S/C21H27ClFN5O2S/c1-15-13-20(26-21(24-15)25-16-5-3-2-4-6-16)27-9-11-28(12-10-27)31(29,30)17-7-8-19(23)18(22)14-17/h7-8,13-14,16H,2-6,9-12H2,1H3,(H,24,25,26). The van der Waals surface area contributed by atoms with Crippen LogP contribution >= 0.6 is 11.6 Å². The Kier molecular flexibility index (Phi) is 6.64. The predicted molar refractivity (Wildman–Crippen MR) is 120 cm³/mol. The van der Waals surface area contributed by atoms with Gasteiger partial charge in [-0.2, -0.15) is 9.29 Å². The van der Waals surface area contributed by atoms with Gasteiger partial charge in [-0.05, 0) is 38.0 Å². The number of aromatic nitrogens is 2. The van der Waals surface area contributed by atoms with E-state index in [1.807, 2.05) is 13.0 Å². The van der Waals surface area contributed by atoms with Crippen LogP contribution in [0, 0.1) is 12.7 Å². The predicted octanol–water partition coefficient (Wildman–Crippen LogP) is 3.83. The molecule has 0 spiro atoms. The number of nitrogens with zero attached hydrogens (tertiary/aromatic N) is 4. The van der Waals surface area contributed by atoms with Gasteiger partial charge in [0.15, 0.2) is 0 Å². The molecule has 4 rings (SSSR count). The van der Waals surface area contributed by atoms with Crippen LogP contribution in [0.1, 0.15) is 37.8 Å². The van der Waals surface area contributed by atoms with Crippen molar-refractivity contribution in [1.82, 2.24) is 14.3 Å². The van der Waals surface area contributed by atoms with Crippen molar-refractivity contribution in [3.8, 4) is 0 Å². The number of rotatable bonds is 5. The number of anilines is 2. The highest BCUT2D eigenvalue weighted by atomic mass is 35.5. The molecule has 1 aliphatic carbocycles. The molecule has 0 bridgehead atoms. The second kappa shape index (κ2) is 9.26. The average Bonchev–Trinajstić information content (AvgIpc) is 2.76. The molecule has 0 amide bonds. The first kappa shape index (κ1) is 22.2. The number of hydrogen-bond donors (Lipinski definition) is 1. The van der Waals surface area contributed by atoms with E-state index in [0.717, 1.165) is 36.5 Å². The molecule has 1 aromatic heterocycles. The number of aryl methyl sites for hydroxylation is 1. The Morgan fingerprint density at radius 2 is 1.77 bits per heavy atom. The van der Waals surface area contributed by atoms with Gasteiger partial charge in [-0.25, -0.2) is 17.8 Å². The van der Waals surface area contributed by atoms with Gasteiger partial charge >= 0.3 is 0 Å². The number of nitrogens with one attached hydrogen (secondary N) is 1. The van der Waals surface area contributed by atoms with Crippen LogP contribution in [0.25, 0.3) is 0 Å². The molecule has 7 nitrogen and oxygen atoms in total. The topological polar surface area (TPSA) is 78.4 Å². The van der Waals surface area contributed by atoms with Crippen LogP contribution in [-0.4, -0.2) is 54.9 Å². The summed E-state index contributed by atoms with van der Waals surface area (Å²) >= 11 is 5.78. The van der Waals surface area contributed by atoms with E-state index >= 15 is 0 Å². The van der Waals surface area contributed by atoms with Crippen LogP contribution in [0.5, 0.6) is 0 Å². The van der Waals surface area contributed by atoms with Crippen molar-refractivity contribution in [2.24, 2.45) is 0 Å². The molecule has 2 heterocycles. The van der Waals surface area contributed by atoms with Gasteiger partial charge in [-0.3, -0.25) is 0 Å². The summed E-state index contributed by atoms with van der Waals surface area (Å²) in [6.45, 7) is 3.58. The van der Waals surface area contributed by atoms with Gasteiger partial charge in [-0.15, -0.1) is 0 Å².